The molecule has 0 aromatic heterocycles. The van der Waals surface area contributed by atoms with Crippen LogP contribution in [0.1, 0.15) is 13.8 Å². The second-order valence-electron chi connectivity index (χ2n) is 5.37. The molecule has 138 valence electrons. The van der Waals surface area contributed by atoms with Crippen LogP contribution in [0.15, 0.2) is 60.7 Å². The number of ether oxygens (including phenoxy) is 2. The van der Waals surface area contributed by atoms with E-state index in [1.807, 2.05) is 60.7 Å². The lowest BCUT2D eigenvalue weighted by Gasteiger charge is -2.27. The van der Waals surface area contributed by atoms with Crippen LogP contribution >= 0.6 is 0 Å². The van der Waals surface area contributed by atoms with Gasteiger partial charge in [-0.05, 0) is 38.1 Å². The summed E-state index contributed by atoms with van der Waals surface area (Å²) < 4.78 is 10.3. The predicted molar refractivity (Wildman–Crippen MR) is 102 cm³/mol. The van der Waals surface area contributed by atoms with Crippen molar-refractivity contribution in [3.8, 4) is 0 Å². The van der Waals surface area contributed by atoms with Crippen LogP contribution in [-0.4, -0.2) is 38.5 Å². The number of hydrogen-bond donors (Lipinski definition) is 0. The minimum Gasteiger partial charge on any atom is -0.449 e. The Morgan fingerprint density at radius 1 is 0.692 bits per heavy atom. The zero-order valence-electron chi connectivity index (χ0n) is 15.1. The maximum Gasteiger partial charge on any atom is 0.414 e. The van der Waals surface area contributed by atoms with Crippen molar-refractivity contribution in [2.24, 2.45) is 0 Å². The van der Waals surface area contributed by atoms with E-state index in [1.165, 1.54) is 9.80 Å². The largest absolute Gasteiger partial charge is 0.449 e. The number of nitrogens with zero attached hydrogens (tertiary/aromatic N) is 2. The molecule has 0 heterocycles. The van der Waals surface area contributed by atoms with E-state index in [4.69, 9.17) is 9.47 Å². The number of carbonyl (C=O) groups excluding carboxylic acids is 2. The highest BCUT2D eigenvalue weighted by Crippen LogP contribution is 2.18. The van der Waals surface area contributed by atoms with Gasteiger partial charge in [-0.1, -0.05) is 36.4 Å². The fraction of sp³-hybridized carbons (Fsp3) is 0.300. The van der Waals surface area contributed by atoms with E-state index < -0.39 is 12.2 Å². The molecule has 0 atom stereocenters. The zero-order valence-corrected chi connectivity index (χ0v) is 15.1. The lowest BCUT2D eigenvalue weighted by Crippen LogP contribution is -2.42. The standard InChI is InChI=1S/C20H24N2O4/c1-3-25-19(23)21(17-11-7-5-8-12-17)15-16-22(20(24)26-4-2)18-13-9-6-10-14-18/h5-14H,3-4,15-16H2,1-2H3. The van der Waals surface area contributed by atoms with Crippen LogP contribution in [0.5, 0.6) is 0 Å². The molecule has 0 spiro atoms. The van der Waals surface area contributed by atoms with E-state index in [0.717, 1.165) is 0 Å². The number of rotatable bonds is 7. The van der Waals surface area contributed by atoms with Crippen LogP contribution in [0, 0.1) is 0 Å². The summed E-state index contributed by atoms with van der Waals surface area (Å²) in [5.74, 6) is 0. The molecule has 0 saturated heterocycles. The Balaban J connectivity index is 2.19. The van der Waals surface area contributed by atoms with Crippen molar-refractivity contribution < 1.29 is 19.1 Å². The van der Waals surface area contributed by atoms with Gasteiger partial charge in [0.05, 0.1) is 13.2 Å². The highest BCUT2D eigenvalue weighted by Gasteiger charge is 2.22. The Morgan fingerprint density at radius 3 is 1.35 bits per heavy atom. The number of amides is 2. The first-order valence-electron chi connectivity index (χ1n) is 8.66. The smallest absolute Gasteiger partial charge is 0.414 e. The summed E-state index contributed by atoms with van der Waals surface area (Å²) in [6, 6.07) is 18.5. The maximum atomic E-state index is 12.4. The number of hydrogen-bond acceptors (Lipinski definition) is 4. The molecule has 2 rings (SSSR count). The zero-order chi connectivity index (χ0) is 18.8. The van der Waals surface area contributed by atoms with Crippen molar-refractivity contribution in [1.82, 2.24) is 0 Å². The van der Waals surface area contributed by atoms with Crippen molar-refractivity contribution in [3.05, 3.63) is 60.7 Å². The minimum absolute atomic E-state index is 0.274. The van der Waals surface area contributed by atoms with Gasteiger partial charge in [-0.25, -0.2) is 9.59 Å². The lowest BCUT2D eigenvalue weighted by atomic mass is 10.2. The van der Waals surface area contributed by atoms with E-state index in [2.05, 4.69) is 0 Å². The molecule has 0 bridgehead atoms. The molecular weight excluding hydrogens is 332 g/mol. The Bertz CT molecular complexity index is 630. The predicted octanol–water partition coefficient (Wildman–Crippen LogP) is 4.31. The number of carbonyl (C=O) groups is 2. The molecule has 0 radical (unpaired) electrons. The summed E-state index contributed by atoms with van der Waals surface area (Å²) in [7, 11) is 0. The number of para-hydroxylation sites is 2. The monoisotopic (exact) mass is 356 g/mol. The van der Waals surface area contributed by atoms with Crippen molar-refractivity contribution in [2.45, 2.75) is 13.8 Å². The summed E-state index contributed by atoms with van der Waals surface area (Å²) in [6.45, 7) is 4.63. The van der Waals surface area contributed by atoms with Gasteiger partial charge >= 0.3 is 12.2 Å². The Morgan fingerprint density at radius 2 is 1.04 bits per heavy atom. The molecule has 0 saturated carbocycles. The van der Waals surface area contributed by atoms with Gasteiger partial charge in [0.25, 0.3) is 0 Å². The topological polar surface area (TPSA) is 59.1 Å². The fourth-order valence-electron chi connectivity index (χ4n) is 2.47. The van der Waals surface area contributed by atoms with Gasteiger partial charge < -0.3 is 9.47 Å². The second-order valence-corrected chi connectivity index (χ2v) is 5.37. The summed E-state index contributed by atoms with van der Waals surface area (Å²) in [5, 5.41) is 0. The van der Waals surface area contributed by atoms with Crippen molar-refractivity contribution >= 4 is 23.6 Å². The Kier molecular flexibility index (Phi) is 7.49. The minimum atomic E-state index is -0.449. The Hall–Kier alpha value is -3.02. The summed E-state index contributed by atoms with van der Waals surface area (Å²) in [5.41, 5.74) is 1.42. The van der Waals surface area contributed by atoms with Crippen LogP contribution in [0.2, 0.25) is 0 Å². The van der Waals surface area contributed by atoms with E-state index in [0.29, 0.717) is 11.4 Å². The number of benzene rings is 2. The van der Waals surface area contributed by atoms with Gasteiger partial charge in [-0.3, -0.25) is 9.80 Å². The van der Waals surface area contributed by atoms with Crippen molar-refractivity contribution in [3.63, 3.8) is 0 Å². The van der Waals surface area contributed by atoms with E-state index >= 15 is 0 Å². The quantitative estimate of drug-likeness (QED) is 0.742. The third-order valence-corrected chi connectivity index (χ3v) is 3.66. The number of anilines is 2. The molecule has 2 amide bonds. The first-order valence-corrected chi connectivity index (χ1v) is 8.66. The van der Waals surface area contributed by atoms with E-state index in [-0.39, 0.29) is 26.3 Å². The third-order valence-electron chi connectivity index (χ3n) is 3.66. The van der Waals surface area contributed by atoms with Crippen molar-refractivity contribution in [1.29, 1.82) is 0 Å². The molecule has 6 nitrogen and oxygen atoms in total. The molecule has 0 unspecified atom stereocenters. The van der Waals surface area contributed by atoms with Gasteiger partial charge in [0.15, 0.2) is 0 Å². The first kappa shape index (κ1) is 19.3. The molecule has 2 aromatic carbocycles. The summed E-state index contributed by atoms with van der Waals surface area (Å²) in [6.07, 6.45) is -0.897. The van der Waals surface area contributed by atoms with E-state index in [9.17, 15) is 9.59 Å². The average molecular weight is 356 g/mol. The van der Waals surface area contributed by atoms with Crippen LogP contribution in [-0.2, 0) is 9.47 Å². The second kappa shape index (κ2) is 10.1. The van der Waals surface area contributed by atoms with Gasteiger partial charge in [-0.15, -0.1) is 0 Å². The van der Waals surface area contributed by atoms with Gasteiger partial charge in [-0.2, -0.15) is 0 Å². The van der Waals surface area contributed by atoms with Gasteiger partial charge in [0, 0.05) is 24.5 Å². The molecule has 0 aliphatic carbocycles. The van der Waals surface area contributed by atoms with Gasteiger partial charge in [0.2, 0.25) is 0 Å². The molecule has 0 aliphatic heterocycles. The van der Waals surface area contributed by atoms with Crippen LogP contribution < -0.4 is 9.80 Å². The molecule has 0 N–H and O–H groups in total. The third kappa shape index (κ3) is 5.24. The molecule has 26 heavy (non-hydrogen) atoms. The lowest BCUT2D eigenvalue weighted by molar-refractivity contribution is 0.156. The van der Waals surface area contributed by atoms with Crippen LogP contribution in [0.25, 0.3) is 0 Å². The average Bonchev–Trinajstić information content (AvgIpc) is 2.67. The Labute approximate surface area is 153 Å². The molecule has 0 fully saturated rings. The molecular formula is C20H24N2O4. The highest BCUT2D eigenvalue weighted by molar-refractivity contribution is 5.90. The molecule has 0 aliphatic rings. The van der Waals surface area contributed by atoms with Crippen molar-refractivity contribution in [2.75, 3.05) is 36.1 Å². The van der Waals surface area contributed by atoms with Gasteiger partial charge in [0.1, 0.15) is 0 Å². The normalized spacial score (nSPS) is 10.1. The SMILES string of the molecule is CCOC(=O)N(CCN(C(=O)OCC)c1ccccc1)c1ccccc1. The molecule has 6 heteroatoms. The maximum absolute atomic E-state index is 12.4. The first-order chi connectivity index (χ1) is 12.7. The summed E-state index contributed by atoms with van der Waals surface area (Å²) >= 11 is 0. The molecule has 2 aromatic rings. The summed E-state index contributed by atoms with van der Waals surface area (Å²) in [4.78, 5) is 27.7. The van der Waals surface area contributed by atoms with Crippen LogP contribution in [0.3, 0.4) is 0 Å². The van der Waals surface area contributed by atoms with Crippen LogP contribution in [0.4, 0.5) is 21.0 Å². The van der Waals surface area contributed by atoms with E-state index in [1.54, 1.807) is 13.8 Å². The fourth-order valence-corrected chi connectivity index (χ4v) is 2.47. The highest BCUT2D eigenvalue weighted by atomic mass is 16.6.